The molecule has 1 amide bonds. The number of halogens is 2. The minimum Gasteiger partial charge on any atom is -0.439 e. The van der Waals surface area contributed by atoms with Gasteiger partial charge in [-0.15, -0.1) is 33.9 Å². The van der Waals surface area contributed by atoms with E-state index < -0.39 is 6.04 Å². The number of aromatic nitrogens is 3. The number of thiophene rings is 1. The lowest BCUT2D eigenvalue weighted by Gasteiger charge is -2.13. The minimum atomic E-state index is -0.519. The zero-order chi connectivity index (χ0) is 28.9. The summed E-state index contributed by atoms with van der Waals surface area (Å²) < 4.78 is 7.62. The van der Waals surface area contributed by atoms with Crippen molar-refractivity contribution < 1.29 is 9.21 Å². The normalized spacial score (nSPS) is 13.3. The Hall–Kier alpha value is -3.86. The molecule has 1 aliphatic heterocycles. The van der Waals surface area contributed by atoms with Gasteiger partial charge in [0, 0.05) is 47.0 Å². The summed E-state index contributed by atoms with van der Waals surface area (Å²) in [6, 6.07) is 10.7. The van der Waals surface area contributed by atoms with Crippen LogP contribution in [0, 0.1) is 44.5 Å². The van der Waals surface area contributed by atoms with Crippen molar-refractivity contribution >= 4 is 47.0 Å². The van der Waals surface area contributed by atoms with Gasteiger partial charge in [0.1, 0.15) is 16.9 Å². The summed E-state index contributed by atoms with van der Waals surface area (Å²) in [6.07, 6.45) is 1.20. The largest absolute Gasteiger partial charge is 0.439 e. The molecular weight excluding hydrogens is 591 g/mol. The Kier molecular flexibility index (Phi) is 10.3. The van der Waals surface area contributed by atoms with Crippen LogP contribution in [0.3, 0.4) is 0 Å². The van der Waals surface area contributed by atoms with Crippen molar-refractivity contribution in [2.45, 2.75) is 46.1 Å². The highest BCUT2D eigenvalue weighted by Crippen LogP contribution is 2.39. The lowest BCUT2D eigenvalue weighted by molar-refractivity contribution is -0.121. The highest BCUT2D eigenvalue weighted by Gasteiger charge is 2.32. The first-order valence-electron chi connectivity index (χ1n) is 13.3. The van der Waals surface area contributed by atoms with E-state index >= 15 is 0 Å². The fourth-order valence-electron chi connectivity index (χ4n) is 4.49. The third-order valence-corrected chi connectivity index (χ3v) is 8.05. The summed E-state index contributed by atoms with van der Waals surface area (Å²) in [7, 11) is 0. The molecule has 0 fully saturated rings. The molecule has 5 rings (SSSR count). The van der Waals surface area contributed by atoms with E-state index in [1.807, 2.05) is 35.8 Å². The third-order valence-electron chi connectivity index (χ3n) is 6.61. The van der Waals surface area contributed by atoms with E-state index in [4.69, 9.17) is 26.7 Å². The first kappa shape index (κ1) is 31.1. The Balaban J connectivity index is 0.00000405. The van der Waals surface area contributed by atoms with E-state index in [1.165, 1.54) is 4.88 Å². The molecular formula is C31H30Cl2N6O2S. The molecule has 3 aromatic heterocycles. The molecule has 1 aromatic carbocycles. The Bertz CT molecular complexity index is 1750. The molecule has 1 unspecified atom stereocenters. The second kappa shape index (κ2) is 13.9. The van der Waals surface area contributed by atoms with E-state index in [9.17, 15) is 4.79 Å². The van der Waals surface area contributed by atoms with Crippen LogP contribution in [0.15, 0.2) is 45.8 Å². The summed E-state index contributed by atoms with van der Waals surface area (Å²) in [5, 5.41) is 13.4. The molecule has 0 saturated heterocycles. The number of benzene rings is 1. The summed E-state index contributed by atoms with van der Waals surface area (Å²) in [5.74, 6) is 14.2. The van der Waals surface area contributed by atoms with Crippen LogP contribution in [-0.4, -0.2) is 39.5 Å². The van der Waals surface area contributed by atoms with E-state index in [0.29, 0.717) is 48.3 Å². The zero-order valence-electron chi connectivity index (χ0n) is 23.5. The lowest BCUT2D eigenvalue weighted by Crippen LogP contribution is -2.26. The van der Waals surface area contributed by atoms with E-state index in [2.05, 4.69) is 53.0 Å². The second-order valence-corrected chi connectivity index (χ2v) is 11.2. The standard InChI is InChI=1S/C31H29ClN6O2S.ClH/c1-19-20(2)41-31-28(19)29(22-10-12-23(32)13-11-22)35-26(30-37-36-21(3)38(30)31)18-27(39)34-17-7-5-9-25-15-14-24(40-25)8-4-6-16-33;/h10-15,26H,6-7,16-18,33H2,1-3H3,(H,34,39);1H. The molecule has 11 heteroatoms. The van der Waals surface area contributed by atoms with Crippen molar-refractivity contribution in [3.8, 4) is 28.7 Å². The molecule has 0 aliphatic carbocycles. The number of rotatable bonds is 6. The number of carbonyl (C=O) groups excluding carboxylic acids is 1. The molecule has 0 spiro atoms. The van der Waals surface area contributed by atoms with Crippen molar-refractivity contribution in [2.24, 2.45) is 10.7 Å². The molecule has 0 bridgehead atoms. The van der Waals surface area contributed by atoms with Gasteiger partial charge in [-0.25, -0.2) is 0 Å². The van der Waals surface area contributed by atoms with Crippen LogP contribution in [-0.2, 0) is 4.79 Å². The van der Waals surface area contributed by atoms with Crippen molar-refractivity contribution in [3.05, 3.63) is 86.2 Å². The van der Waals surface area contributed by atoms with Crippen LogP contribution in [0.4, 0.5) is 0 Å². The highest BCUT2D eigenvalue weighted by atomic mass is 35.5. The van der Waals surface area contributed by atoms with Crippen LogP contribution >= 0.6 is 35.3 Å². The van der Waals surface area contributed by atoms with E-state index in [1.54, 1.807) is 23.5 Å². The summed E-state index contributed by atoms with van der Waals surface area (Å²) in [5.41, 5.74) is 9.38. The van der Waals surface area contributed by atoms with Crippen molar-refractivity contribution in [1.29, 1.82) is 0 Å². The summed E-state index contributed by atoms with van der Waals surface area (Å²) in [6.45, 7) is 7.03. The van der Waals surface area contributed by atoms with Crippen LogP contribution in [0.2, 0.25) is 5.02 Å². The first-order valence-corrected chi connectivity index (χ1v) is 14.5. The Labute approximate surface area is 260 Å². The van der Waals surface area contributed by atoms with Gasteiger partial charge in [-0.3, -0.25) is 14.4 Å². The number of nitrogens with two attached hydrogens (primary N) is 1. The number of nitrogens with zero attached hydrogens (tertiary/aromatic N) is 4. The summed E-state index contributed by atoms with van der Waals surface area (Å²) in [4.78, 5) is 19.4. The Morgan fingerprint density at radius 3 is 2.45 bits per heavy atom. The Morgan fingerprint density at radius 2 is 1.76 bits per heavy atom. The number of aliphatic imine (C=N–C) groups is 1. The van der Waals surface area contributed by atoms with Gasteiger partial charge in [0.2, 0.25) is 5.91 Å². The predicted octanol–water partition coefficient (Wildman–Crippen LogP) is 5.46. The lowest BCUT2D eigenvalue weighted by atomic mass is 9.99. The van der Waals surface area contributed by atoms with Crippen LogP contribution in [0.1, 0.15) is 70.0 Å². The number of hydrogen-bond acceptors (Lipinski definition) is 7. The molecule has 0 radical (unpaired) electrons. The number of carbonyl (C=O) groups is 1. The minimum absolute atomic E-state index is 0. The number of nitrogens with one attached hydrogen (secondary N) is 1. The zero-order valence-corrected chi connectivity index (χ0v) is 25.8. The number of furan rings is 1. The van der Waals surface area contributed by atoms with Crippen LogP contribution in [0.25, 0.3) is 5.00 Å². The first-order chi connectivity index (χ1) is 19.9. The van der Waals surface area contributed by atoms with E-state index in [-0.39, 0.29) is 24.7 Å². The topological polar surface area (TPSA) is 111 Å². The molecule has 3 N–H and O–H groups in total. The van der Waals surface area contributed by atoms with Gasteiger partial charge in [0.05, 0.1) is 12.1 Å². The maximum absolute atomic E-state index is 13.1. The molecule has 4 aromatic rings. The second-order valence-electron chi connectivity index (χ2n) is 9.51. The predicted molar refractivity (Wildman–Crippen MR) is 169 cm³/mol. The van der Waals surface area contributed by atoms with Crippen molar-refractivity contribution in [1.82, 2.24) is 20.1 Å². The fraction of sp³-hybridized carbons (Fsp3) is 0.290. The van der Waals surface area contributed by atoms with Gasteiger partial charge in [-0.1, -0.05) is 35.6 Å². The molecule has 8 nitrogen and oxygen atoms in total. The molecule has 42 heavy (non-hydrogen) atoms. The smallest absolute Gasteiger partial charge is 0.222 e. The molecule has 216 valence electrons. The van der Waals surface area contributed by atoms with Gasteiger partial charge in [-0.05, 0) is 62.4 Å². The Morgan fingerprint density at radius 1 is 1.07 bits per heavy atom. The van der Waals surface area contributed by atoms with Gasteiger partial charge < -0.3 is 15.5 Å². The SMILES string of the molecule is Cc1sc2c(c1C)C(c1ccc(Cl)cc1)=NC(CC(=O)NCCC#Cc1ccc(C#CCCN)o1)c1nnc(C)n1-2.Cl. The number of hydrogen-bond donors (Lipinski definition) is 2. The highest BCUT2D eigenvalue weighted by molar-refractivity contribution is 7.15. The number of amides is 1. The van der Waals surface area contributed by atoms with Gasteiger partial charge in [-0.2, -0.15) is 0 Å². The van der Waals surface area contributed by atoms with Crippen LogP contribution < -0.4 is 11.1 Å². The van der Waals surface area contributed by atoms with Crippen molar-refractivity contribution in [2.75, 3.05) is 13.1 Å². The average molecular weight is 622 g/mol. The quantitative estimate of drug-likeness (QED) is 0.219. The molecule has 4 heterocycles. The average Bonchev–Trinajstić information content (AvgIpc) is 3.62. The van der Waals surface area contributed by atoms with Crippen LogP contribution in [0.5, 0.6) is 0 Å². The third kappa shape index (κ3) is 6.78. The number of aryl methyl sites for hydroxylation is 2. The van der Waals surface area contributed by atoms with Gasteiger partial charge in [0.15, 0.2) is 17.3 Å². The van der Waals surface area contributed by atoms with Gasteiger partial charge in [0.25, 0.3) is 0 Å². The fourth-order valence-corrected chi connectivity index (χ4v) is 5.83. The molecule has 0 saturated carbocycles. The molecule has 1 atom stereocenters. The number of fused-ring (bicyclic) bond motifs is 3. The van der Waals surface area contributed by atoms with Gasteiger partial charge >= 0.3 is 0 Å². The monoisotopic (exact) mass is 620 g/mol. The maximum atomic E-state index is 13.1. The maximum Gasteiger partial charge on any atom is 0.222 e. The molecule has 1 aliphatic rings. The summed E-state index contributed by atoms with van der Waals surface area (Å²) >= 11 is 7.86. The van der Waals surface area contributed by atoms with Crippen molar-refractivity contribution in [3.63, 3.8) is 0 Å². The van der Waals surface area contributed by atoms with E-state index in [0.717, 1.165) is 33.2 Å².